The summed E-state index contributed by atoms with van der Waals surface area (Å²) in [7, 11) is 0. The molecule has 0 aliphatic rings. The summed E-state index contributed by atoms with van der Waals surface area (Å²) < 4.78 is 6.19. The van der Waals surface area contributed by atoms with Crippen LogP contribution in [-0.4, -0.2) is 25.6 Å². The first kappa shape index (κ1) is 15.3. The molecule has 0 saturated heterocycles. The topological polar surface area (TPSA) is 64.3 Å². The maximum absolute atomic E-state index is 11.4. The van der Waals surface area contributed by atoms with Crippen molar-refractivity contribution in [3.63, 3.8) is 0 Å². The first-order valence-corrected chi connectivity index (χ1v) is 6.85. The number of ether oxygens (including phenoxy) is 1. The number of unbranched alkanes of at least 4 members (excludes halogenated alkanes) is 1. The Morgan fingerprint density at radius 2 is 2.22 bits per heavy atom. The summed E-state index contributed by atoms with van der Waals surface area (Å²) in [6.45, 7) is 1.22. The van der Waals surface area contributed by atoms with Crippen molar-refractivity contribution in [1.29, 1.82) is 0 Å². The number of rotatable bonds is 7. The van der Waals surface area contributed by atoms with Crippen LogP contribution in [-0.2, 0) is 4.79 Å². The second-order valence-electron chi connectivity index (χ2n) is 3.71. The van der Waals surface area contributed by atoms with E-state index in [1.165, 1.54) is 0 Å². The van der Waals surface area contributed by atoms with Gasteiger partial charge < -0.3 is 15.8 Å². The second-order valence-corrected chi connectivity index (χ2v) is 5.03. The Labute approximate surface area is 120 Å². The van der Waals surface area contributed by atoms with Gasteiger partial charge in [0.2, 0.25) is 0 Å². The smallest absolute Gasteiger partial charge is 0.257 e. The van der Waals surface area contributed by atoms with Crippen molar-refractivity contribution in [2.45, 2.75) is 12.8 Å². The quantitative estimate of drug-likeness (QED) is 0.752. The third-order valence-electron chi connectivity index (χ3n) is 2.21. The number of carbonyl (C=O) groups excluding carboxylic acids is 1. The van der Waals surface area contributed by atoms with Crippen molar-refractivity contribution < 1.29 is 9.53 Å². The molecular formula is C12H16BrClN2O2. The van der Waals surface area contributed by atoms with Crippen LogP contribution >= 0.6 is 27.5 Å². The van der Waals surface area contributed by atoms with Crippen molar-refractivity contribution in [3.05, 3.63) is 27.7 Å². The lowest BCUT2D eigenvalue weighted by Gasteiger charge is -2.08. The third kappa shape index (κ3) is 5.71. The molecule has 0 spiro atoms. The largest absolute Gasteiger partial charge is 0.482 e. The van der Waals surface area contributed by atoms with E-state index in [1.807, 2.05) is 0 Å². The number of benzene rings is 1. The van der Waals surface area contributed by atoms with Crippen LogP contribution in [0.25, 0.3) is 0 Å². The van der Waals surface area contributed by atoms with E-state index >= 15 is 0 Å². The Hall–Kier alpha value is -0.780. The Morgan fingerprint density at radius 1 is 1.44 bits per heavy atom. The van der Waals surface area contributed by atoms with Gasteiger partial charge >= 0.3 is 0 Å². The van der Waals surface area contributed by atoms with Crippen LogP contribution in [0.3, 0.4) is 0 Å². The Kier molecular flexibility index (Phi) is 7.08. The van der Waals surface area contributed by atoms with Crippen molar-refractivity contribution in [2.75, 3.05) is 19.7 Å². The minimum Gasteiger partial charge on any atom is -0.482 e. The molecule has 1 aromatic carbocycles. The van der Waals surface area contributed by atoms with E-state index in [0.717, 1.165) is 17.3 Å². The molecule has 100 valence electrons. The third-order valence-corrected chi connectivity index (χ3v) is 2.99. The number of nitrogens with two attached hydrogens (primary N) is 1. The summed E-state index contributed by atoms with van der Waals surface area (Å²) in [4.78, 5) is 11.4. The lowest BCUT2D eigenvalue weighted by atomic mass is 10.3. The van der Waals surface area contributed by atoms with E-state index in [0.29, 0.717) is 23.9 Å². The number of hydrogen-bond acceptors (Lipinski definition) is 3. The molecule has 4 nitrogen and oxygen atoms in total. The molecule has 18 heavy (non-hydrogen) atoms. The number of nitrogens with one attached hydrogen (secondary N) is 1. The zero-order chi connectivity index (χ0) is 13.4. The molecule has 0 bridgehead atoms. The molecule has 6 heteroatoms. The van der Waals surface area contributed by atoms with Gasteiger partial charge in [0.15, 0.2) is 6.61 Å². The van der Waals surface area contributed by atoms with Crippen LogP contribution in [0, 0.1) is 0 Å². The maximum Gasteiger partial charge on any atom is 0.257 e. The van der Waals surface area contributed by atoms with E-state index in [1.54, 1.807) is 18.2 Å². The van der Waals surface area contributed by atoms with Crippen LogP contribution in [0.2, 0.25) is 5.02 Å². The second kappa shape index (κ2) is 8.34. The summed E-state index contributed by atoms with van der Waals surface area (Å²) in [5, 5.41) is 3.22. The molecule has 0 unspecified atom stereocenters. The molecule has 0 heterocycles. The number of amides is 1. The molecular weight excluding hydrogens is 320 g/mol. The lowest BCUT2D eigenvalue weighted by Crippen LogP contribution is -2.29. The average molecular weight is 336 g/mol. The van der Waals surface area contributed by atoms with Crippen molar-refractivity contribution in [3.8, 4) is 5.75 Å². The molecule has 1 rings (SSSR count). The van der Waals surface area contributed by atoms with Crippen LogP contribution in [0.4, 0.5) is 0 Å². The Balaban J connectivity index is 2.29. The molecule has 1 amide bonds. The van der Waals surface area contributed by atoms with Crippen molar-refractivity contribution >= 4 is 33.4 Å². The summed E-state index contributed by atoms with van der Waals surface area (Å²) in [6, 6.07) is 5.24. The first-order chi connectivity index (χ1) is 8.63. The van der Waals surface area contributed by atoms with Gasteiger partial charge in [-0.2, -0.15) is 0 Å². The molecule has 0 aromatic heterocycles. The highest BCUT2D eigenvalue weighted by molar-refractivity contribution is 9.10. The van der Waals surface area contributed by atoms with Gasteiger partial charge in [-0.15, -0.1) is 0 Å². The van der Waals surface area contributed by atoms with Gasteiger partial charge in [-0.1, -0.05) is 27.5 Å². The molecule has 0 fully saturated rings. The summed E-state index contributed by atoms with van der Waals surface area (Å²) in [5.74, 6) is 0.336. The first-order valence-electron chi connectivity index (χ1n) is 5.68. The van der Waals surface area contributed by atoms with Crippen LogP contribution < -0.4 is 15.8 Å². The predicted octanol–water partition coefficient (Wildman–Crippen LogP) is 2.34. The van der Waals surface area contributed by atoms with Gasteiger partial charge in [0.25, 0.3) is 5.91 Å². The Bertz CT molecular complexity index is 402. The van der Waals surface area contributed by atoms with Crippen molar-refractivity contribution in [2.24, 2.45) is 5.73 Å². The fourth-order valence-electron chi connectivity index (χ4n) is 1.28. The van der Waals surface area contributed by atoms with Gasteiger partial charge in [-0.05, 0) is 37.6 Å². The lowest BCUT2D eigenvalue weighted by molar-refractivity contribution is -0.123. The van der Waals surface area contributed by atoms with Crippen LogP contribution in [0.1, 0.15) is 12.8 Å². The fraction of sp³-hybridized carbons (Fsp3) is 0.417. The van der Waals surface area contributed by atoms with E-state index < -0.39 is 0 Å². The van der Waals surface area contributed by atoms with E-state index in [9.17, 15) is 4.79 Å². The van der Waals surface area contributed by atoms with Gasteiger partial charge in [-0.3, -0.25) is 4.79 Å². The highest BCUT2D eigenvalue weighted by atomic mass is 79.9. The summed E-state index contributed by atoms with van der Waals surface area (Å²) in [5.41, 5.74) is 5.35. The molecule has 0 radical (unpaired) electrons. The number of hydrogen-bond donors (Lipinski definition) is 2. The van der Waals surface area contributed by atoms with Gasteiger partial charge in [-0.25, -0.2) is 0 Å². The molecule has 0 aliphatic carbocycles. The molecule has 0 aliphatic heterocycles. The molecule has 1 aromatic rings. The van der Waals surface area contributed by atoms with Gasteiger partial charge in [0, 0.05) is 11.0 Å². The van der Waals surface area contributed by atoms with Crippen LogP contribution in [0.5, 0.6) is 5.75 Å². The van der Waals surface area contributed by atoms with E-state index in [-0.39, 0.29) is 12.5 Å². The summed E-state index contributed by atoms with van der Waals surface area (Å²) in [6.07, 6.45) is 1.78. The van der Waals surface area contributed by atoms with Gasteiger partial charge in [0.1, 0.15) is 5.75 Å². The Morgan fingerprint density at radius 3 is 2.89 bits per heavy atom. The van der Waals surface area contributed by atoms with Crippen molar-refractivity contribution in [1.82, 2.24) is 5.32 Å². The zero-order valence-corrected chi connectivity index (χ0v) is 12.3. The highest BCUT2D eigenvalue weighted by Crippen LogP contribution is 2.27. The number of halogens is 2. The molecule has 0 saturated carbocycles. The highest BCUT2D eigenvalue weighted by Gasteiger charge is 2.05. The van der Waals surface area contributed by atoms with E-state index in [4.69, 9.17) is 22.1 Å². The minimum absolute atomic E-state index is 0.0377. The monoisotopic (exact) mass is 334 g/mol. The fourth-order valence-corrected chi connectivity index (χ4v) is 2.01. The minimum atomic E-state index is -0.161. The van der Waals surface area contributed by atoms with Gasteiger partial charge in [0.05, 0.1) is 5.02 Å². The predicted molar refractivity (Wildman–Crippen MR) is 75.9 cm³/mol. The maximum atomic E-state index is 11.4. The average Bonchev–Trinajstić information content (AvgIpc) is 2.33. The number of carbonyl (C=O) groups is 1. The SMILES string of the molecule is NCCCCNC(=O)COc1ccc(Br)cc1Cl. The summed E-state index contributed by atoms with van der Waals surface area (Å²) >= 11 is 9.25. The van der Waals surface area contributed by atoms with E-state index in [2.05, 4.69) is 21.2 Å². The molecule has 3 N–H and O–H groups in total. The standard InChI is InChI=1S/C12H16BrClN2O2/c13-9-3-4-11(10(14)7-9)18-8-12(17)16-6-2-1-5-15/h3-4,7H,1-2,5-6,8,15H2,(H,16,17). The van der Waals surface area contributed by atoms with Crippen LogP contribution in [0.15, 0.2) is 22.7 Å². The zero-order valence-electron chi connectivity index (χ0n) is 9.92. The molecule has 0 atom stereocenters. The normalized spacial score (nSPS) is 10.2.